The molecule has 0 saturated carbocycles. The Kier molecular flexibility index (Phi) is 16.3. The van der Waals surface area contributed by atoms with Crippen LogP contribution in [0.2, 0.25) is 25.7 Å². The number of hydrogen-bond acceptors (Lipinski definition) is 3. The monoisotopic (exact) mass is 418 g/mol. The molecule has 0 aliphatic carbocycles. The molecule has 0 rings (SSSR count). The van der Waals surface area contributed by atoms with Gasteiger partial charge in [-0.2, -0.15) is 0 Å². The van der Waals surface area contributed by atoms with E-state index in [4.69, 9.17) is 13.3 Å². The van der Waals surface area contributed by atoms with Crippen molar-refractivity contribution >= 4 is 16.9 Å². The molecule has 1 unspecified atom stereocenters. The number of unbranched alkanes of at least 4 members (excludes halogenated alkanes) is 10. The summed E-state index contributed by atoms with van der Waals surface area (Å²) < 4.78 is 18.5. The smallest absolute Gasteiger partial charge is 0.377 e. The van der Waals surface area contributed by atoms with Crippen LogP contribution in [0.25, 0.3) is 0 Å². The van der Waals surface area contributed by atoms with Gasteiger partial charge in [-0.3, -0.25) is 0 Å². The lowest BCUT2D eigenvalue weighted by Crippen LogP contribution is -2.53. The average Bonchev–Trinajstić information content (AvgIpc) is 2.64. The van der Waals surface area contributed by atoms with Crippen molar-refractivity contribution in [2.45, 2.75) is 129 Å². The minimum absolute atomic E-state index is 0.343. The van der Waals surface area contributed by atoms with E-state index < -0.39 is 16.9 Å². The Morgan fingerprint density at radius 1 is 0.630 bits per heavy atom. The molecular weight excluding hydrogens is 368 g/mol. The largest absolute Gasteiger partial charge is 0.500 e. The summed E-state index contributed by atoms with van der Waals surface area (Å²) in [6.45, 7) is 11.8. The highest BCUT2D eigenvalue weighted by Gasteiger charge is 2.43. The lowest BCUT2D eigenvalue weighted by molar-refractivity contribution is 0.0765. The maximum atomic E-state index is 6.71. The van der Waals surface area contributed by atoms with Crippen molar-refractivity contribution in [3.63, 3.8) is 0 Å². The minimum Gasteiger partial charge on any atom is -0.377 e. The van der Waals surface area contributed by atoms with Crippen molar-refractivity contribution in [2.24, 2.45) is 0 Å². The van der Waals surface area contributed by atoms with E-state index in [-0.39, 0.29) is 0 Å². The van der Waals surface area contributed by atoms with Crippen LogP contribution in [0.4, 0.5) is 0 Å². The second kappa shape index (κ2) is 16.1. The van der Waals surface area contributed by atoms with E-state index in [9.17, 15) is 0 Å². The topological polar surface area (TPSA) is 27.7 Å². The van der Waals surface area contributed by atoms with Gasteiger partial charge in [0.2, 0.25) is 0 Å². The van der Waals surface area contributed by atoms with Gasteiger partial charge in [-0.05, 0) is 12.8 Å². The van der Waals surface area contributed by atoms with Gasteiger partial charge in [-0.25, -0.2) is 0 Å². The molecule has 0 bridgehead atoms. The first-order valence-corrected chi connectivity index (χ1v) is 17.1. The van der Waals surface area contributed by atoms with E-state index in [1.807, 2.05) is 0 Å². The molecule has 0 fully saturated rings. The van der Waals surface area contributed by atoms with Gasteiger partial charge in [-0.1, -0.05) is 104 Å². The maximum absolute atomic E-state index is 6.71. The summed E-state index contributed by atoms with van der Waals surface area (Å²) in [4.78, 5) is 0. The first kappa shape index (κ1) is 27.3. The Morgan fingerprint density at radius 3 is 1.52 bits per heavy atom. The third kappa shape index (κ3) is 13.2. The van der Waals surface area contributed by atoms with Crippen molar-refractivity contribution in [1.29, 1.82) is 0 Å². The van der Waals surface area contributed by atoms with Gasteiger partial charge in [-0.15, -0.1) is 0 Å². The van der Waals surface area contributed by atoms with Crippen LogP contribution in [0.3, 0.4) is 0 Å². The summed E-state index contributed by atoms with van der Waals surface area (Å²) in [7, 11) is -0.367. The van der Waals surface area contributed by atoms with Crippen LogP contribution in [0.1, 0.15) is 97.3 Å². The summed E-state index contributed by atoms with van der Waals surface area (Å²) in [6, 6.07) is 0.962. The van der Waals surface area contributed by atoms with E-state index in [0.29, 0.717) is 5.73 Å². The molecule has 164 valence electrons. The molecule has 0 aromatic rings. The summed E-state index contributed by atoms with van der Waals surface area (Å²) >= 11 is 0. The Hall–Kier alpha value is 0.314. The van der Waals surface area contributed by atoms with Gasteiger partial charge in [0.25, 0.3) is 0 Å². The van der Waals surface area contributed by atoms with Crippen molar-refractivity contribution in [1.82, 2.24) is 0 Å². The molecule has 0 saturated heterocycles. The van der Waals surface area contributed by atoms with Crippen LogP contribution >= 0.6 is 0 Å². The lowest BCUT2D eigenvalue weighted by Gasteiger charge is -2.37. The molecule has 0 aliphatic heterocycles. The predicted molar refractivity (Wildman–Crippen MR) is 124 cm³/mol. The predicted octanol–water partition coefficient (Wildman–Crippen LogP) is 7.59. The van der Waals surface area contributed by atoms with Crippen LogP contribution in [0.5, 0.6) is 0 Å². The Balaban J connectivity index is 4.55. The van der Waals surface area contributed by atoms with E-state index in [1.165, 1.54) is 77.0 Å². The third-order valence-electron chi connectivity index (χ3n) is 5.57. The molecule has 0 heterocycles. The fourth-order valence-electron chi connectivity index (χ4n) is 3.56. The summed E-state index contributed by atoms with van der Waals surface area (Å²) in [5.74, 6) is 0. The fraction of sp³-hybridized carbons (Fsp3) is 1.00. The highest BCUT2D eigenvalue weighted by atomic mass is 28.4. The molecule has 0 radical (unpaired) electrons. The van der Waals surface area contributed by atoms with Crippen molar-refractivity contribution in [2.75, 3.05) is 14.2 Å². The van der Waals surface area contributed by atoms with E-state index >= 15 is 0 Å². The molecular formula is C22H50O3Si2. The second-order valence-electron chi connectivity index (χ2n) is 9.14. The van der Waals surface area contributed by atoms with Gasteiger partial charge < -0.3 is 13.3 Å². The SMILES string of the molecule is CCCCCCCCC(O[Si](CCCCCCCC)(OC)OC)[Si](C)(C)C. The van der Waals surface area contributed by atoms with Crippen LogP contribution in [0, 0.1) is 0 Å². The van der Waals surface area contributed by atoms with E-state index in [2.05, 4.69) is 33.5 Å². The van der Waals surface area contributed by atoms with Gasteiger partial charge >= 0.3 is 8.80 Å². The van der Waals surface area contributed by atoms with E-state index in [1.54, 1.807) is 14.2 Å². The normalized spacial score (nSPS) is 13.9. The zero-order chi connectivity index (χ0) is 20.6. The first-order valence-electron chi connectivity index (χ1n) is 11.6. The van der Waals surface area contributed by atoms with Gasteiger partial charge in [0.1, 0.15) is 0 Å². The zero-order valence-corrected chi connectivity index (χ0v) is 21.7. The van der Waals surface area contributed by atoms with Crippen molar-refractivity contribution in [3.05, 3.63) is 0 Å². The van der Waals surface area contributed by atoms with E-state index in [0.717, 1.165) is 12.5 Å². The van der Waals surface area contributed by atoms with Gasteiger partial charge in [0.05, 0.1) is 8.07 Å². The molecule has 3 nitrogen and oxygen atoms in total. The van der Waals surface area contributed by atoms with Gasteiger partial charge in [0.15, 0.2) is 0 Å². The lowest BCUT2D eigenvalue weighted by atomic mass is 10.1. The first-order chi connectivity index (χ1) is 12.8. The Bertz CT molecular complexity index is 328. The maximum Gasteiger partial charge on any atom is 0.500 e. The van der Waals surface area contributed by atoms with Crippen LogP contribution < -0.4 is 0 Å². The fourth-order valence-corrected chi connectivity index (χ4v) is 8.70. The zero-order valence-electron chi connectivity index (χ0n) is 19.7. The highest BCUT2D eigenvalue weighted by molar-refractivity contribution is 6.78. The van der Waals surface area contributed by atoms with Crippen LogP contribution in [-0.2, 0) is 13.3 Å². The summed E-state index contributed by atoms with van der Waals surface area (Å²) in [6.07, 6.45) is 16.9. The third-order valence-corrected chi connectivity index (χ3v) is 11.0. The Labute approximate surface area is 173 Å². The second-order valence-corrected chi connectivity index (χ2v) is 17.4. The molecule has 0 aromatic carbocycles. The van der Waals surface area contributed by atoms with Gasteiger partial charge in [0, 0.05) is 26.0 Å². The Morgan fingerprint density at radius 2 is 1.07 bits per heavy atom. The molecule has 0 spiro atoms. The summed E-state index contributed by atoms with van der Waals surface area (Å²) in [5.41, 5.74) is 0.343. The molecule has 5 heteroatoms. The van der Waals surface area contributed by atoms with Crippen LogP contribution in [-0.4, -0.2) is 36.8 Å². The van der Waals surface area contributed by atoms with Crippen molar-refractivity contribution in [3.8, 4) is 0 Å². The number of rotatable bonds is 19. The quantitative estimate of drug-likeness (QED) is 0.160. The molecule has 27 heavy (non-hydrogen) atoms. The molecule has 1 atom stereocenters. The van der Waals surface area contributed by atoms with Crippen LogP contribution in [0.15, 0.2) is 0 Å². The summed E-state index contributed by atoms with van der Waals surface area (Å²) in [5, 5.41) is 0. The molecule has 0 N–H and O–H groups in total. The molecule has 0 amide bonds. The standard InChI is InChI=1S/C22H50O3Si2/c1-8-10-12-14-16-18-20-22(26(5,6)7)25-27(23-3,24-4)21-19-17-15-13-11-9-2/h22H,8-21H2,1-7H3. The highest BCUT2D eigenvalue weighted by Crippen LogP contribution is 2.27. The molecule has 0 aromatic heterocycles. The van der Waals surface area contributed by atoms with Crippen molar-refractivity contribution < 1.29 is 13.3 Å². The average molecular weight is 419 g/mol. The number of hydrogen-bond donors (Lipinski definition) is 0. The molecule has 0 aliphatic rings. The minimum atomic E-state index is -2.53.